The number of phenolic OH excluding ortho intramolecular Hbond substituents is 1. The first-order valence-corrected chi connectivity index (χ1v) is 5.69. The normalized spacial score (nSPS) is 10.6. The Hall–Kier alpha value is -0.110. The van der Waals surface area contributed by atoms with Gasteiger partial charge in [0, 0.05) is 0 Å². The van der Waals surface area contributed by atoms with E-state index in [1.54, 1.807) is 0 Å². The number of halogens is 1. The van der Waals surface area contributed by atoms with Crippen LogP contribution in [0.15, 0.2) is 23.1 Å². The second-order valence-electron chi connectivity index (χ2n) is 2.66. The third-order valence-corrected chi connectivity index (χ3v) is 2.80. The van der Waals surface area contributed by atoms with Gasteiger partial charge in [0.25, 0.3) is 0 Å². The van der Waals surface area contributed by atoms with Crippen molar-refractivity contribution in [3.8, 4) is 5.75 Å². The van der Waals surface area contributed by atoms with Crippen molar-refractivity contribution in [3.05, 3.63) is 23.8 Å². The first kappa shape index (κ1) is 15.9. The molecule has 0 spiro atoms. The molecule has 0 aliphatic heterocycles. The summed E-state index contributed by atoms with van der Waals surface area (Å²) in [5, 5.41) is 9.27. The monoisotopic (exact) mass is 272 g/mol. The fourth-order valence-electron chi connectivity index (χ4n) is 1.07. The maximum atomic E-state index is 11.2. The van der Waals surface area contributed by atoms with Gasteiger partial charge in [0.2, 0.25) is 0 Å². The average molecular weight is 273 g/mol. The van der Waals surface area contributed by atoms with Crippen molar-refractivity contribution in [2.24, 2.45) is 0 Å². The smallest absolute Gasteiger partial charge is 0.744 e. The van der Waals surface area contributed by atoms with Gasteiger partial charge in [-0.05, 0) is 12.1 Å². The first-order chi connectivity index (χ1) is 6.88. The summed E-state index contributed by atoms with van der Waals surface area (Å²) in [6.45, 7) is 0. The Morgan fingerprint density at radius 3 is 2.44 bits per heavy atom. The van der Waals surface area contributed by atoms with Gasteiger partial charge in [-0.15, -0.1) is 11.6 Å². The van der Waals surface area contributed by atoms with Crippen LogP contribution < -0.4 is 29.6 Å². The maximum absolute atomic E-state index is 11.2. The molecule has 1 N–H and O–H groups in total. The van der Waals surface area contributed by atoms with Crippen molar-refractivity contribution >= 4 is 27.5 Å². The summed E-state index contributed by atoms with van der Waals surface area (Å²) in [6.07, 6.45) is 0. The van der Waals surface area contributed by atoms with Crippen LogP contribution in [0.2, 0.25) is 0 Å². The van der Waals surface area contributed by atoms with Crippen LogP contribution in [0.4, 0.5) is 0 Å². The van der Waals surface area contributed by atoms with Gasteiger partial charge in [-0.25, -0.2) is 8.42 Å². The molecule has 1 rings (SSSR count). The van der Waals surface area contributed by atoms with Crippen LogP contribution in [-0.2, 0) is 10.1 Å². The molecule has 0 fully saturated rings. The Morgan fingerprint density at radius 1 is 1.44 bits per heavy atom. The van der Waals surface area contributed by atoms with Crippen LogP contribution >= 0.6 is 11.6 Å². The molecule has 0 unspecified atom stereocenters. The number of benzene rings is 1. The summed E-state index contributed by atoms with van der Waals surface area (Å²) in [7, 11) is -4.80. The van der Waals surface area contributed by atoms with Gasteiger partial charge in [-0.1, -0.05) is 6.07 Å². The van der Waals surface area contributed by atoms with Crippen LogP contribution in [-0.4, -0.2) is 29.7 Å². The number of Topliss-reactive ketones (excluding diaryl/α,β-unsaturated/α-hetero) is 1. The first-order valence-electron chi connectivity index (χ1n) is 3.75. The van der Waals surface area contributed by atoms with E-state index in [1.165, 1.54) is 0 Å². The molecular weight excluding hydrogens is 267 g/mol. The SMILES string of the molecule is O=C(CCl)c1c(O)cccc1S(=O)(=O)[O-].[Na+]. The number of rotatable bonds is 3. The Balaban J connectivity index is 0.00000225. The number of hydrogen-bond donors (Lipinski definition) is 1. The van der Waals surface area contributed by atoms with Crippen molar-refractivity contribution in [2.45, 2.75) is 4.90 Å². The summed E-state index contributed by atoms with van der Waals surface area (Å²) in [6, 6.07) is 3.21. The molecule has 82 valence electrons. The number of hydrogen-bond acceptors (Lipinski definition) is 5. The minimum atomic E-state index is -4.80. The molecule has 0 heterocycles. The second-order valence-corrected chi connectivity index (χ2v) is 4.28. The van der Waals surface area contributed by atoms with Gasteiger partial charge in [0.05, 0.1) is 16.3 Å². The van der Waals surface area contributed by atoms with Gasteiger partial charge in [0.1, 0.15) is 15.9 Å². The molecule has 1 aromatic carbocycles. The molecule has 8 heteroatoms. The minimum absolute atomic E-state index is 0. The molecule has 0 saturated carbocycles. The minimum Gasteiger partial charge on any atom is -0.744 e. The molecular formula is C8H6ClNaO5S. The van der Waals surface area contributed by atoms with E-state index >= 15 is 0 Å². The van der Waals surface area contributed by atoms with E-state index in [-0.39, 0.29) is 29.6 Å². The molecule has 0 aliphatic rings. The Bertz CT molecular complexity index is 499. The van der Waals surface area contributed by atoms with Gasteiger partial charge in [-0.3, -0.25) is 4.79 Å². The predicted octanol–water partition coefficient (Wildman–Crippen LogP) is -2.28. The van der Waals surface area contributed by atoms with Crippen molar-refractivity contribution in [2.75, 3.05) is 5.88 Å². The zero-order chi connectivity index (χ0) is 11.6. The number of alkyl halides is 1. The number of aromatic hydroxyl groups is 1. The largest absolute Gasteiger partial charge is 1.00 e. The zero-order valence-corrected chi connectivity index (χ0v) is 11.9. The van der Waals surface area contributed by atoms with Crippen molar-refractivity contribution < 1.29 is 52.4 Å². The molecule has 0 atom stereocenters. The average Bonchev–Trinajstić information content (AvgIpc) is 2.15. The standard InChI is InChI=1S/C8H7ClO5S.Na/c9-4-6(11)8-5(10)2-1-3-7(8)15(12,13)14;/h1-3,10H,4H2,(H,12,13,14);/q;+1/p-1. The van der Waals surface area contributed by atoms with Gasteiger partial charge in [0.15, 0.2) is 5.78 Å². The number of ketones is 1. The van der Waals surface area contributed by atoms with Crippen LogP contribution in [0, 0.1) is 0 Å². The van der Waals surface area contributed by atoms with E-state index in [4.69, 9.17) is 11.6 Å². The number of phenols is 1. The van der Waals surface area contributed by atoms with E-state index in [1.807, 2.05) is 0 Å². The van der Waals surface area contributed by atoms with Crippen LogP contribution in [0.1, 0.15) is 10.4 Å². The molecule has 0 amide bonds. The summed E-state index contributed by atoms with van der Waals surface area (Å²) < 4.78 is 32.3. The fourth-order valence-corrected chi connectivity index (χ4v) is 1.92. The van der Waals surface area contributed by atoms with Crippen molar-refractivity contribution in [1.82, 2.24) is 0 Å². The molecule has 0 aliphatic carbocycles. The van der Waals surface area contributed by atoms with Gasteiger partial charge < -0.3 is 9.66 Å². The summed E-state index contributed by atoms with van der Waals surface area (Å²) in [5.41, 5.74) is -0.553. The molecule has 1 aromatic rings. The molecule has 0 saturated heterocycles. The van der Waals surface area contributed by atoms with E-state index in [0.717, 1.165) is 18.2 Å². The summed E-state index contributed by atoms with van der Waals surface area (Å²) in [4.78, 5) is 10.5. The van der Waals surface area contributed by atoms with Crippen LogP contribution in [0.5, 0.6) is 5.75 Å². The number of carbonyl (C=O) groups excluding carboxylic acids is 1. The summed E-state index contributed by atoms with van der Waals surface area (Å²) in [5.74, 6) is -1.90. The van der Waals surface area contributed by atoms with Crippen LogP contribution in [0.3, 0.4) is 0 Å². The van der Waals surface area contributed by atoms with Gasteiger partial charge >= 0.3 is 29.6 Å². The topological polar surface area (TPSA) is 94.5 Å². The molecule has 0 bridgehead atoms. The number of carbonyl (C=O) groups is 1. The molecule has 0 aromatic heterocycles. The third-order valence-electron chi connectivity index (χ3n) is 1.67. The van der Waals surface area contributed by atoms with Crippen molar-refractivity contribution in [1.29, 1.82) is 0 Å². The Morgan fingerprint density at radius 2 is 2.00 bits per heavy atom. The molecule has 0 radical (unpaired) electrons. The van der Waals surface area contributed by atoms with Crippen molar-refractivity contribution in [3.63, 3.8) is 0 Å². The second kappa shape index (κ2) is 6.00. The van der Waals surface area contributed by atoms with E-state index in [0.29, 0.717) is 0 Å². The molecule has 16 heavy (non-hydrogen) atoms. The summed E-state index contributed by atoms with van der Waals surface area (Å²) >= 11 is 5.22. The molecule has 5 nitrogen and oxygen atoms in total. The van der Waals surface area contributed by atoms with Crippen LogP contribution in [0.25, 0.3) is 0 Å². The van der Waals surface area contributed by atoms with E-state index < -0.39 is 38.0 Å². The van der Waals surface area contributed by atoms with E-state index in [2.05, 4.69) is 0 Å². The quantitative estimate of drug-likeness (QED) is 0.290. The maximum Gasteiger partial charge on any atom is 1.00 e. The van der Waals surface area contributed by atoms with Gasteiger partial charge in [-0.2, -0.15) is 0 Å². The third kappa shape index (κ3) is 3.44. The Labute approximate surface area is 119 Å². The predicted molar refractivity (Wildman–Crippen MR) is 51.1 cm³/mol. The fraction of sp³-hybridized carbons (Fsp3) is 0.125. The zero-order valence-electron chi connectivity index (χ0n) is 8.31. The van der Waals surface area contributed by atoms with E-state index in [9.17, 15) is 22.9 Å². The Kier molecular flexibility index (Phi) is 5.95.